The molecule has 2 aromatic carbocycles. The highest BCUT2D eigenvalue weighted by molar-refractivity contribution is 7.92. The highest BCUT2D eigenvalue weighted by Crippen LogP contribution is 2.25. The number of nitrogens with zero attached hydrogens (tertiary/aromatic N) is 1. The van der Waals surface area contributed by atoms with E-state index in [1.807, 2.05) is 0 Å². The van der Waals surface area contributed by atoms with Gasteiger partial charge in [-0.05, 0) is 60.2 Å². The van der Waals surface area contributed by atoms with Crippen LogP contribution in [0.15, 0.2) is 42.5 Å². The molecule has 2 aromatic rings. The lowest BCUT2D eigenvalue weighted by Gasteiger charge is -2.30. The zero-order valence-corrected chi connectivity index (χ0v) is 19.3. The van der Waals surface area contributed by atoms with Gasteiger partial charge in [-0.2, -0.15) is 0 Å². The fourth-order valence-electron chi connectivity index (χ4n) is 3.50. The molecule has 6 nitrogen and oxygen atoms in total. The Morgan fingerprint density at radius 1 is 1.03 bits per heavy atom. The number of carbonyl (C=O) groups excluding carboxylic acids is 1. The fraction of sp³-hybridized carbons (Fsp3) is 0.435. The number of sulfonamides is 1. The van der Waals surface area contributed by atoms with Crippen LogP contribution in [0.5, 0.6) is 5.75 Å². The minimum atomic E-state index is -3.67. The van der Waals surface area contributed by atoms with Gasteiger partial charge in [0.05, 0.1) is 19.1 Å². The molecular formula is C23H32N2O4S. The summed E-state index contributed by atoms with van der Waals surface area (Å²) < 4.78 is 31.5. The summed E-state index contributed by atoms with van der Waals surface area (Å²) in [6.07, 6.45) is 3.25. The van der Waals surface area contributed by atoms with Crippen molar-refractivity contribution in [1.82, 2.24) is 5.32 Å². The minimum absolute atomic E-state index is 0.317. The van der Waals surface area contributed by atoms with E-state index in [0.29, 0.717) is 24.4 Å². The molecule has 0 unspecified atom stereocenters. The van der Waals surface area contributed by atoms with E-state index >= 15 is 0 Å². The summed E-state index contributed by atoms with van der Waals surface area (Å²) in [5, 5.41) is 2.95. The number of hydrogen-bond acceptors (Lipinski definition) is 4. The molecule has 30 heavy (non-hydrogen) atoms. The average Bonchev–Trinajstić information content (AvgIpc) is 2.74. The first-order valence-corrected chi connectivity index (χ1v) is 12.1. The summed E-state index contributed by atoms with van der Waals surface area (Å²) in [4.78, 5) is 13.0. The normalized spacial score (nSPS) is 12.3. The number of anilines is 1. The van der Waals surface area contributed by atoms with E-state index in [2.05, 4.69) is 37.4 Å². The molecule has 0 heterocycles. The molecule has 0 aliphatic rings. The van der Waals surface area contributed by atoms with Crippen molar-refractivity contribution in [2.75, 3.05) is 17.7 Å². The van der Waals surface area contributed by atoms with Gasteiger partial charge >= 0.3 is 0 Å². The molecule has 164 valence electrons. The van der Waals surface area contributed by atoms with Crippen molar-refractivity contribution >= 4 is 21.6 Å². The predicted molar refractivity (Wildman–Crippen MR) is 121 cm³/mol. The van der Waals surface area contributed by atoms with Gasteiger partial charge in [-0.3, -0.25) is 9.10 Å². The van der Waals surface area contributed by atoms with Gasteiger partial charge in [-0.25, -0.2) is 8.42 Å². The summed E-state index contributed by atoms with van der Waals surface area (Å²) in [5.41, 5.74) is 3.88. The van der Waals surface area contributed by atoms with Crippen LogP contribution < -0.4 is 14.4 Å². The monoisotopic (exact) mass is 432 g/mol. The topological polar surface area (TPSA) is 75.7 Å². The first-order chi connectivity index (χ1) is 14.2. The quantitative estimate of drug-likeness (QED) is 0.621. The van der Waals surface area contributed by atoms with Gasteiger partial charge in [-0.15, -0.1) is 0 Å². The summed E-state index contributed by atoms with van der Waals surface area (Å²) >= 11 is 0. The smallest absolute Gasteiger partial charge is 0.244 e. The van der Waals surface area contributed by atoms with Crippen molar-refractivity contribution in [2.45, 2.75) is 52.6 Å². The van der Waals surface area contributed by atoms with Gasteiger partial charge in [-0.1, -0.05) is 39.0 Å². The van der Waals surface area contributed by atoms with Gasteiger partial charge in [0.1, 0.15) is 11.8 Å². The van der Waals surface area contributed by atoms with Crippen LogP contribution in [-0.2, 0) is 34.2 Å². The zero-order chi connectivity index (χ0) is 22.3. The third-order valence-corrected chi connectivity index (χ3v) is 6.35. The Bertz CT molecular complexity index is 956. The van der Waals surface area contributed by atoms with Crippen molar-refractivity contribution in [1.29, 1.82) is 0 Å². The number of nitrogens with one attached hydrogen (secondary N) is 1. The molecule has 0 aliphatic carbocycles. The number of benzene rings is 2. The van der Waals surface area contributed by atoms with Gasteiger partial charge in [0.15, 0.2) is 0 Å². The SMILES string of the molecule is CCc1ccc(CC)c(CNC(=O)[C@@H](CC)N(c2ccc(OC)cc2)S(C)(=O)=O)c1. The number of ether oxygens (including phenoxy) is 1. The first-order valence-electron chi connectivity index (χ1n) is 10.3. The van der Waals surface area contributed by atoms with Crippen LogP contribution in [0.2, 0.25) is 0 Å². The summed E-state index contributed by atoms with van der Waals surface area (Å²) in [7, 11) is -2.12. The lowest BCUT2D eigenvalue weighted by atomic mass is 10.0. The molecule has 7 heteroatoms. The van der Waals surface area contributed by atoms with E-state index < -0.39 is 16.1 Å². The van der Waals surface area contributed by atoms with E-state index in [9.17, 15) is 13.2 Å². The van der Waals surface area contributed by atoms with E-state index in [1.165, 1.54) is 15.4 Å². The molecule has 0 saturated carbocycles. The van der Waals surface area contributed by atoms with Crippen molar-refractivity contribution in [3.8, 4) is 5.75 Å². The first kappa shape index (κ1) is 23.7. The molecule has 0 aliphatic heterocycles. The number of hydrogen-bond donors (Lipinski definition) is 1. The van der Waals surface area contributed by atoms with Gasteiger partial charge < -0.3 is 10.1 Å². The maximum absolute atomic E-state index is 13.0. The molecule has 0 radical (unpaired) electrons. The summed E-state index contributed by atoms with van der Waals surface area (Å²) in [6.45, 7) is 6.35. The predicted octanol–water partition coefficient (Wildman–Crippen LogP) is 3.68. The molecule has 0 aromatic heterocycles. The number of rotatable bonds is 10. The Hall–Kier alpha value is -2.54. The molecule has 1 N–H and O–H groups in total. The largest absolute Gasteiger partial charge is 0.497 e. The van der Waals surface area contributed by atoms with E-state index in [-0.39, 0.29) is 5.91 Å². The van der Waals surface area contributed by atoms with Crippen LogP contribution in [0, 0.1) is 0 Å². The van der Waals surface area contributed by atoms with Gasteiger partial charge in [0, 0.05) is 6.54 Å². The lowest BCUT2D eigenvalue weighted by molar-refractivity contribution is -0.122. The second kappa shape index (κ2) is 10.5. The van der Waals surface area contributed by atoms with Crippen LogP contribution in [0.25, 0.3) is 0 Å². The maximum atomic E-state index is 13.0. The lowest BCUT2D eigenvalue weighted by Crippen LogP contribution is -2.49. The molecule has 1 amide bonds. The number of methoxy groups -OCH3 is 1. The molecule has 0 spiro atoms. The molecule has 2 rings (SSSR count). The number of amides is 1. The van der Waals surface area contributed by atoms with Gasteiger partial charge in [0.25, 0.3) is 0 Å². The summed E-state index contributed by atoms with van der Waals surface area (Å²) in [5.74, 6) is 0.301. The van der Waals surface area contributed by atoms with Crippen molar-refractivity contribution in [2.24, 2.45) is 0 Å². The average molecular weight is 433 g/mol. The third-order valence-electron chi connectivity index (χ3n) is 5.17. The number of aryl methyl sites for hydroxylation is 2. The Labute approximate surface area is 180 Å². The third kappa shape index (κ3) is 5.75. The Balaban J connectivity index is 2.28. The fourth-order valence-corrected chi connectivity index (χ4v) is 4.71. The van der Waals surface area contributed by atoms with Crippen LogP contribution in [0.4, 0.5) is 5.69 Å². The minimum Gasteiger partial charge on any atom is -0.497 e. The molecule has 0 bridgehead atoms. The highest BCUT2D eigenvalue weighted by atomic mass is 32.2. The van der Waals surface area contributed by atoms with E-state index in [1.54, 1.807) is 38.3 Å². The van der Waals surface area contributed by atoms with Crippen LogP contribution in [0.1, 0.15) is 43.9 Å². The Morgan fingerprint density at radius 2 is 1.70 bits per heavy atom. The second-order valence-electron chi connectivity index (χ2n) is 7.21. The molecule has 1 atom stereocenters. The standard InChI is InChI=1S/C23H32N2O4S/c1-6-17-9-10-18(7-2)19(15-17)16-24-23(26)22(8-3)25(30(5,27)28)20-11-13-21(29-4)14-12-20/h9-15,22H,6-8,16H2,1-5H3,(H,24,26)/t22-/m1/s1. The van der Waals surface area contributed by atoms with E-state index in [4.69, 9.17) is 4.74 Å². The van der Waals surface area contributed by atoms with Crippen LogP contribution >= 0.6 is 0 Å². The maximum Gasteiger partial charge on any atom is 0.244 e. The van der Waals surface area contributed by atoms with Crippen molar-refractivity contribution < 1.29 is 17.9 Å². The molecule has 0 saturated heterocycles. The Kier molecular flexibility index (Phi) is 8.29. The second-order valence-corrected chi connectivity index (χ2v) is 9.07. The highest BCUT2D eigenvalue weighted by Gasteiger charge is 2.31. The van der Waals surface area contributed by atoms with Crippen molar-refractivity contribution in [3.63, 3.8) is 0 Å². The molecular weight excluding hydrogens is 400 g/mol. The van der Waals surface area contributed by atoms with E-state index in [0.717, 1.165) is 24.7 Å². The molecule has 0 fully saturated rings. The van der Waals surface area contributed by atoms with Crippen molar-refractivity contribution in [3.05, 3.63) is 59.2 Å². The Morgan fingerprint density at radius 3 is 2.20 bits per heavy atom. The van der Waals surface area contributed by atoms with Crippen LogP contribution in [-0.4, -0.2) is 33.7 Å². The number of carbonyl (C=O) groups is 1. The summed E-state index contributed by atoms with van der Waals surface area (Å²) in [6, 6.07) is 12.1. The van der Waals surface area contributed by atoms with Gasteiger partial charge in [0.2, 0.25) is 15.9 Å². The zero-order valence-electron chi connectivity index (χ0n) is 18.4. The van der Waals surface area contributed by atoms with Crippen LogP contribution in [0.3, 0.4) is 0 Å².